The first-order valence-electron chi connectivity index (χ1n) is 11.1. The van der Waals surface area contributed by atoms with Crippen molar-refractivity contribution in [2.75, 3.05) is 19.7 Å². The van der Waals surface area contributed by atoms with Crippen LogP contribution in [0.1, 0.15) is 36.6 Å². The molecular weight excluding hydrogens is 378 g/mol. The summed E-state index contributed by atoms with van der Waals surface area (Å²) in [5.74, 6) is -0.353. The molecule has 4 atom stereocenters. The van der Waals surface area contributed by atoms with Crippen LogP contribution in [0.3, 0.4) is 0 Å². The van der Waals surface area contributed by atoms with Gasteiger partial charge in [-0.3, -0.25) is 14.5 Å². The third-order valence-electron chi connectivity index (χ3n) is 7.21. The van der Waals surface area contributed by atoms with Crippen molar-refractivity contribution in [3.05, 3.63) is 70.1 Å². The van der Waals surface area contributed by atoms with Crippen LogP contribution < -0.4 is 5.56 Å². The Balaban J connectivity index is 1.58. The van der Waals surface area contributed by atoms with E-state index >= 15 is 0 Å². The largest absolute Gasteiger partial charge is 0.396 e. The molecule has 1 aromatic carbocycles. The monoisotopic (exact) mass is 407 g/mol. The lowest BCUT2D eigenvalue weighted by molar-refractivity contribution is -0.139. The number of carbonyl (C=O) groups excluding carboxylic acids is 1. The number of amides is 1. The molecule has 0 spiro atoms. The van der Waals surface area contributed by atoms with Crippen LogP contribution in [-0.2, 0) is 17.9 Å². The molecule has 1 amide bonds. The molecule has 3 aliphatic heterocycles. The molecule has 1 N–H and O–H groups in total. The van der Waals surface area contributed by atoms with Crippen molar-refractivity contribution >= 4 is 5.91 Å². The molecule has 2 fully saturated rings. The quantitative estimate of drug-likeness (QED) is 0.842. The zero-order valence-corrected chi connectivity index (χ0v) is 17.2. The highest BCUT2D eigenvalue weighted by atomic mass is 16.3. The van der Waals surface area contributed by atoms with Gasteiger partial charge in [-0.25, -0.2) is 0 Å². The van der Waals surface area contributed by atoms with Gasteiger partial charge in [-0.15, -0.1) is 0 Å². The van der Waals surface area contributed by atoms with Crippen LogP contribution in [0, 0.1) is 11.8 Å². The summed E-state index contributed by atoms with van der Waals surface area (Å²) in [7, 11) is 0. The Bertz CT molecular complexity index is 967. The van der Waals surface area contributed by atoms with Crippen molar-refractivity contribution < 1.29 is 9.90 Å². The molecule has 3 aliphatic rings. The van der Waals surface area contributed by atoms with Crippen molar-refractivity contribution in [3.8, 4) is 0 Å². The molecule has 158 valence electrons. The van der Waals surface area contributed by atoms with Gasteiger partial charge in [0.15, 0.2) is 0 Å². The van der Waals surface area contributed by atoms with Crippen molar-refractivity contribution in [2.24, 2.45) is 11.8 Å². The summed E-state index contributed by atoms with van der Waals surface area (Å²) in [6, 6.07) is 15.4. The summed E-state index contributed by atoms with van der Waals surface area (Å²) in [5, 5.41) is 10.4. The van der Waals surface area contributed by atoms with Gasteiger partial charge >= 0.3 is 0 Å². The van der Waals surface area contributed by atoms with E-state index < -0.39 is 0 Å². The van der Waals surface area contributed by atoms with Gasteiger partial charge in [0.1, 0.15) is 0 Å². The number of fused-ring (bicyclic) bond motifs is 4. The molecule has 2 saturated heterocycles. The van der Waals surface area contributed by atoms with E-state index in [2.05, 4.69) is 17.0 Å². The Morgan fingerprint density at radius 1 is 1.00 bits per heavy atom. The maximum absolute atomic E-state index is 13.7. The van der Waals surface area contributed by atoms with Crippen LogP contribution in [0.15, 0.2) is 53.3 Å². The van der Waals surface area contributed by atoms with Gasteiger partial charge in [0.05, 0.1) is 12.0 Å². The summed E-state index contributed by atoms with van der Waals surface area (Å²) >= 11 is 0. The lowest BCUT2D eigenvalue weighted by Crippen LogP contribution is -2.46. The van der Waals surface area contributed by atoms with E-state index in [0.717, 1.165) is 31.6 Å². The fraction of sp³-hybridized carbons (Fsp3) is 0.500. The number of pyridine rings is 1. The first kappa shape index (κ1) is 19.5. The number of nitrogens with zero attached hydrogens (tertiary/aromatic N) is 3. The fourth-order valence-corrected chi connectivity index (χ4v) is 5.79. The standard InChI is InChI=1S/C24H29N3O3/c28-16-18-20-15-26-19(10-7-11-21(26)29)23(27(20)14-17-8-3-1-4-9-17)22(18)24(30)25-12-5-2-6-13-25/h1,3-4,7-11,18,20,22-23,28H,2,5-6,12-16H2/t18-,20-,22+,23+/m1/s1. The maximum Gasteiger partial charge on any atom is 0.250 e. The number of hydrogen-bond donors (Lipinski definition) is 1. The van der Waals surface area contributed by atoms with Crippen LogP contribution in [0.5, 0.6) is 0 Å². The van der Waals surface area contributed by atoms with Gasteiger partial charge in [0.25, 0.3) is 5.56 Å². The number of rotatable bonds is 4. The molecule has 0 aliphatic carbocycles. The van der Waals surface area contributed by atoms with Crippen LogP contribution >= 0.6 is 0 Å². The van der Waals surface area contributed by atoms with E-state index in [9.17, 15) is 14.7 Å². The zero-order valence-electron chi connectivity index (χ0n) is 17.2. The lowest BCUT2D eigenvalue weighted by atomic mass is 9.85. The number of aromatic nitrogens is 1. The summed E-state index contributed by atoms with van der Waals surface area (Å²) in [6.07, 6.45) is 3.25. The Kier molecular flexibility index (Phi) is 5.21. The molecule has 2 aromatic rings. The SMILES string of the molecule is O=C([C@H]1[C@H](CO)[C@H]2Cn3c(cccc3=O)[C@@H]1N2Cc1ccccc1)N1CCCCC1. The molecule has 2 bridgehead atoms. The van der Waals surface area contributed by atoms with Crippen molar-refractivity contribution in [1.82, 2.24) is 14.4 Å². The van der Waals surface area contributed by atoms with Gasteiger partial charge in [-0.1, -0.05) is 36.4 Å². The first-order valence-corrected chi connectivity index (χ1v) is 11.1. The maximum atomic E-state index is 13.7. The summed E-state index contributed by atoms with van der Waals surface area (Å²) in [6.45, 7) is 2.78. The van der Waals surface area contributed by atoms with E-state index in [1.165, 1.54) is 12.0 Å². The highest BCUT2D eigenvalue weighted by Crippen LogP contribution is 2.49. The van der Waals surface area contributed by atoms with Gasteiger partial charge in [-0.2, -0.15) is 0 Å². The summed E-state index contributed by atoms with van der Waals surface area (Å²) in [4.78, 5) is 30.7. The second kappa shape index (κ2) is 8.00. The van der Waals surface area contributed by atoms with Gasteiger partial charge in [0.2, 0.25) is 5.91 Å². The second-order valence-corrected chi connectivity index (χ2v) is 8.83. The van der Waals surface area contributed by atoms with Gasteiger partial charge in [0, 0.05) is 56.5 Å². The minimum Gasteiger partial charge on any atom is -0.396 e. The van der Waals surface area contributed by atoms with Crippen LogP contribution in [0.4, 0.5) is 0 Å². The average Bonchev–Trinajstić information content (AvgIpc) is 2.99. The highest BCUT2D eigenvalue weighted by Gasteiger charge is 2.56. The van der Waals surface area contributed by atoms with Crippen molar-refractivity contribution in [2.45, 2.75) is 44.4 Å². The number of piperidine rings is 1. The molecule has 4 heterocycles. The number of hydrogen-bond acceptors (Lipinski definition) is 4. The van der Waals surface area contributed by atoms with Crippen LogP contribution in [0.25, 0.3) is 0 Å². The molecule has 0 unspecified atom stereocenters. The van der Waals surface area contributed by atoms with Crippen LogP contribution in [0.2, 0.25) is 0 Å². The highest BCUT2D eigenvalue weighted by molar-refractivity contribution is 5.81. The van der Waals surface area contributed by atoms with Gasteiger partial charge < -0.3 is 14.6 Å². The van der Waals surface area contributed by atoms with E-state index in [1.807, 2.05) is 33.7 Å². The lowest BCUT2D eigenvalue weighted by Gasteiger charge is -2.38. The van der Waals surface area contributed by atoms with E-state index in [4.69, 9.17) is 0 Å². The minimum absolute atomic E-state index is 0.0235. The molecule has 0 radical (unpaired) electrons. The predicted octanol–water partition coefficient (Wildman–Crippen LogP) is 2.02. The van der Waals surface area contributed by atoms with Gasteiger partial charge in [-0.05, 0) is 30.9 Å². The third-order valence-corrected chi connectivity index (χ3v) is 7.21. The number of aliphatic hydroxyl groups excluding tert-OH is 1. The normalized spacial score (nSPS) is 28.4. The van der Waals surface area contributed by atoms with E-state index in [-0.39, 0.29) is 42.0 Å². The first-order chi connectivity index (χ1) is 14.7. The molecule has 0 saturated carbocycles. The zero-order chi connectivity index (χ0) is 20.7. The number of carbonyl (C=O) groups is 1. The average molecular weight is 408 g/mol. The van der Waals surface area contributed by atoms with E-state index in [1.54, 1.807) is 12.1 Å². The molecule has 30 heavy (non-hydrogen) atoms. The smallest absolute Gasteiger partial charge is 0.250 e. The Hall–Kier alpha value is -2.44. The number of likely N-dealkylation sites (tertiary alicyclic amines) is 1. The topological polar surface area (TPSA) is 65.8 Å². The minimum atomic E-state index is -0.322. The number of aliphatic hydroxyl groups is 1. The second-order valence-electron chi connectivity index (χ2n) is 8.83. The molecular formula is C24H29N3O3. The summed E-state index contributed by atoms with van der Waals surface area (Å²) < 4.78 is 1.82. The number of benzene rings is 1. The molecule has 1 aromatic heterocycles. The molecule has 6 nitrogen and oxygen atoms in total. The molecule has 6 heteroatoms. The van der Waals surface area contributed by atoms with Crippen LogP contribution in [-0.4, -0.2) is 51.1 Å². The predicted molar refractivity (Wildman–Crippen MR) is 114 cm³/mol. The Labute approximate surface area is 176 Å². The van der Waals surface area contributed by atoms with Crippen molar-refractivity contribution in [1.29, 1.82) is 0 Å². The molecule has 5 rings (SSSR count). The van der Waals surface area contributed by atoms with E-state index in [0.29, 0.717) is 13.1 Å². The Morgan fingerprint density at radius 2 is 1.77 bits per heavy atom. The Morgan fingerprint density at radius 3 is 2.50 bits per heavy atom. The third kappa shape index (κ3) is 3.19. The summed E-state index contributed by atoms with van der Waals surface area (Å²) in [5.41, 5.74) is 2.06. The fourth-order valence-electron chi connectivity index (χ4n) is 5.79. The van der Waals surface area contributed by atoms with Crippen molar-refractivity contribution in [3.63, 3.8) is 0 Å².